The Hall–Kier alpha value is -2.89. The molecule has 24 heavy (non-hydrogen) atoms. The maximum atomic E-state index is 11.9. The second-order valence-corrected chi connectivity index (χ2v) is 5.85. The smallest absolute Gasteiger partial charge is 0.315 e. The molecule has 0 saturated heterocycles. The molecule has 0 spiro atoms. The summed E-state index contributed by atoms with van der Waals surface area (Å²) in [5, 5.41) is 15.8. The van der Waals surface area contributed by atoms with Crippen LogP contribution in [0.15, 0.2) is 54.9 Å². The Labute approximate surface area is 140 Å². The van der Waals surface area contributed by atoms with Gasteiger partial charge in [-0.3, -0.25) is 4.68 Å². The maximum absolute atomic E-state index is 11.9. The number of aromatic nitrogens is 3. The zero-order valence-electron chi connectivity index (χ0n) is 13.6. The van der Waals surface area contributed by atoms with Gasteiger partial charge in [0, 0.05) is 18.8 Å². The first kappa shape index (κ1) is 16.0. The molecule has 0 fully saturated rings. The molecule has 0 aliphatic carbocycles. The zero-order valence-corrected chi connectivity index (χ0v) is 13.6. The largest absolute Gasteiger partial charge is 0.336 e. The molecule has 3 aromatic rings. The maximum Gasteiger partial charge on any atom is 0.315 e. The van der Waals surface area contributed by atoms with E-state index in [0.29, 0.717) is 13.1 Å². The van der Waals surface area contributed by atoms with Crippen LogP contribution >= 0.6 is 0 Å². The van der Waals surface area contributed by atoms with Gasteiger partial charge in [-0.2, -0.15) is 0 Å². The number of carbonyl (C=O) groups is 1. The van der Waals surface area contributed by atoms with Gasteiger partial charge in [-0.1, -0.05) is 47.7 Å². The highest BCUT2D eigenvalue weighted by Gasteiger charge is 2.08. The van der Waals surface area contributed by atoms with E-state index >= 15 is 0 Å². The molecule has 1 atom stereocenters. The molecule has 0 radical (unpaired) electrons. The Bertz CT molecular complexity index is 800. The van der Waals surface area contributed by atoms with Crippen LogP contribution in [0.1, 0.15) is 12.5 Å². The van der Waals surface area contributed by atoms with Crippen LogP contribution in [-0.2, 0) is 13.0 Å². The molecular weight excluding hydrogens is 302 g/mol. The molecule has 124 valence electrons. The highest BCUT2D eigenvalue weighted by atomic mass is 16.2. The summed E-state index contributed by atoms with van der Waals surface area (Å²) in [5.41, 5.74) is 1.21. The van der Waals surface area contributed by atoms with Gasteiger partial charge in [0.25, 0.3) is 0 Å². The van der Waals surface area contributed by atoms with E-state index in [2.05, 4.69) is 51.3 Å². The van der Waals surface area contributed by atoms with E-state index in [1.165, 1.54) is 16.3 Å². The van der Waals surface area contributed by atoms with Crippen LogP contribution in [0, 0.1) is 0 Å². The predicted octanol–water partition coefficient (Wildman–Crippen LogP) is 2.36. The number of amides is 2. The molecule has 2 aromatic carbocycles. The van der Waals surface area contributed by atoms with Gasteiger partial charge in [-0.05, 0) is 29.7 Å². The van der Waals surface area contributed by atoms with Crippen LogP contribution in [-0.4, -0.2) is 33.6 Å². The Morgan fingerprint density at radius 2 is 2.04 bits per heavy atom. The van der Waals surface area contributed by atoms with Crippen molar-refractivity contribution >= 4 is 16.8 Å². The number of rotatable bonds is 6. The summed E-state index contributed by atoms with van der Waals surface area (Å²) in [4.78, 5) is 11.9. The minimum Gasteiger partial charge on any atom is -0.336 e. The van der Waals surface area contributed by atoms with Crippen molar-refractivity contribution in [3.63, 3.8) is 0 Å². The van der Waals surface area contributed by atoms with Crippen molar-refractivity contribution in [2.75, 3.05) is 6.54 Å². The first-order valence-electron chi connectivity index (χ1n) is 8.07. The molecule has 6 heteroatoms. The number of hydrogen-bond acceptors (Lipinski definition) is 3. The molecule has 6 nitrogen and oxygen atoms in total. The van der Waals surface area contributed by atoms with Crippen molar-refractivity contribution < 1.29 is 4.79 Å². The van der Waals surface area contributed by atoms with E-state index in [1.807, 2.05) is 19.1 Å². The van der Waals surface area contributed by atoms with Crippen molar-refractivity contribution in [3.05, 3.63) is 60.4 Å². The third-order valence-electron chi connectivity index (χ3n) is 3.83. The number of fused-ring (bicyclic) bond motifs is 1. The van der Waals surface area contributed by atoms with Crippen LogP contribution < -0.4 is 10.6 Å². The summed E-state index contributed by atoms with van der Waals surface area (Å²) >= 11 is 0. The Morgan fingerprint density at radius 3 is 2.83 bits per heavy atom. The highest BCUT2D eigenvalue weighted by molar-refractivity contribution is 5.83. The fourth-order valence-corrected chi connectivity index (χ4v) is 2.68. The van der Waals surface area contributed by atoms with Gasteiger partial charge < -0.3 is 10.6 Å². The van der Waals surface area contributed by atoms with E-state index in [0.717, 1.165) is 6.42 Å². The summed E-state index contributed by atoms with van der Waals surface area (Å²) in [7, 11) is 0. The van der Waals surface area contributed by atoms with E-state index in [-0.39, 0.29) is 12.1 Å². The third kappa shape index (κ3) is 4.32. The Kier molecular flexibility index (Phi) is 5.05. The quantitative estimate of drug-likeness (QED) is 0.731. The van der Waals surface area contributed by atoms with Crippen LogP contribution in [0.5, 0.6) is 0 Å². The minimum atomic E-state index is -0.164. The highest BCUT2D eigenvalue weighted by Crippen LogP contribution is 2.16. The molecule has 3 rings (SSSR count). The SMILES string of the molecule is C[C@@H](Cc1ccc2ccccc2c1)NC(=O)NCCn1ccnn1. The third-order valence-corrected chi connectivity index (χ3v) is 3.83. The summed E-state index contributed by atoms with van der Waals surface area (Å²) in [6.07, 6.45) is 4.18. The number of hydrogen-bond donors (Lipinski definition) is 2. The molecule has 1 heterocycles. The van der Waals surface area contributed by atoms with Gasteiger partial charge in [0.2, 0.25) is 0 Å². The van der Waals surface area contributed by atoms with E-state index in [4.69, 9.17) is 0 Å². The molecule has 0 saturated carbocycles. The zero-order chi connectivity index (χ0) is 16.8. The van der Waals surface area contributed by atoms with Gasteiger partial charge in [-0.15, -0.1) is 5.10 Å². The monoisotopic (exact) mass is 323 g/mol. The van der Waals surface area contributed by atoms with Crippen molar-refractivity contribution in [3.8, 4) is 0 Å². The average Bonchev–Trinajstić information content (AvgIpc) is 3.08. The van der Waals surface area contributed by atoms with Crippen LogP contribution in [0.3, 0.4) is 0 Å². The van der Waals surface area contributed by atoms with Crippen molar-refractivity contribution in [1.82, 2.24) is 25.6 Å². The molecule has 0 aliphatic heterocycles. The molecule has 2 N–H and O–H groups in total. The average molecular weight is 323 g/mol. The fraction of sp³-hybridized carbons (Fsp3) is 0.278. The van der Waals surface area contributed by atoms with E-state index in [1.54, 1.807) is 17.1 Å². The van der Waals surface area contributed by atoms with Crippen molar-refractivity contribution in [2.24, 2.45) is 0 Å². The molecule has 0 aliphatic rings. The Morgan fingerprint density at radius 1 is 1.21 bits per heavy atom. The van der Waals surface area contributed by atoms with Crippen molar-refractivity contribution in [1.29, 1.82) is 0 Å². The molecular formula is C18H21N5O. The Balaban J connectivity index is 1.47. The van der Waals surface area contributed by atoms with Gasteiger partial charge in [-0.25, -0.2) is 4.79 Å². The van der Waals surface area contributed by atoms with E-state index < -0.39 is 0 Å². The second kappa shape index (κ2) is 7.59. The molecule has 0 bridgehead atoms. The number of carbonyl (C=O) groups excluding carboxylic acids is 1. The predicted molar refractivity (Wildman–Crippen MR) is 93.7 cm³/mol. The lowest BCUT2D eigenvalue weighted by atomic mass is 10.0. The molecule has 2 amide bonds. The second-order valence-electron chi connectivity index (χ2n) is 5.85. The van der Waals surface area contributed by atoms with Crippen LogP contribution in [0.4, 0.5) is 4.79 Å². The summed E-state index contributed by atoms with van der Waals surface area (Å²) in [5.74, 6) is 0. The van der Waals surface area contributed by atoms with Gasteiger partial charge >= 0.3 is 6.03 Å². The summed E-state index contributed by atoms with van der Waals surface area (Å²) in [6.45, 7) is 3.12. The first-order chi connectivity index (χ1) is 11.7. The van der Waals surface area contributed by atoms with Crippen LogP contribution in [0.25, 0.3) is 10.8 Å². The fourth-order valence-electron chi connectivity index (χ4n) is 2.68. The molecule has 1 aromatic heterocycles. The molecule has 0 unspecified atom stereocenters. The summed E-state index contributed by atoms with van der Waals surface area (Å²) < 4.78 is 1.68. The van der Waals surface area contributed by atoms with Crippen molar-refractivity contribution in [2.45, 2.75) is 25.9 Å². The summed E-state index contributed by atoms with van der Waals surface area (Å²) in [6, 6.07) is 14.6. The number of nitrogens with zero attached hydrogens (tertiary/aromatic N) is 3. The topological polar surface area (TPSA) is 71.8 Å². The normalized spacial score (nSPS) is 12.0. The van der Waals surface area contributed by atoms with Crippen LogP contribution in [0.2, 0.25) is 0 Å². The minimum absolute atomic E-state index is 0.0533. The standard InChI is InChI=1S/C18H21N5O/c1-14(21-18(24)19-8-10-23-11-9-20-22-23)12-15-6-7-16-4-2-3-5-17(16)13-15/h2-7,9,11,13-14H,8,10,12H2,1H3,(H2,19,21,24)/t14-/m0/s1. The van der Waals surface area contributed by atoms with E-state index in [9.17, 15) is 4.79 Å². The first-order valence-corrected chi connectivity index (χ1v) is 8.07. The number of benzene rings is 2. The number of nitrogens with one attached hydrogen (secondary N) is 2. The van der Waals surface area contributed by atoms with Gasteiger partial charge in [0.05, 0.1) is 12.7 Å². The lowest BCUT2D eigenvalue weighted by Crippen LogP contribution is -2.42. The lowest BCUT2D eigenvalue weighted by Gasteiger charge is -2.15. The van der Waals surface area contributed by atoms with Gasteiger partial charge in [0.1, 0.15) is 0 Å². The number of urea groups is 1. The lowest BCUT2D eigenvalue weighted by molar-refractivity contribution is 0.237. The van der Waals surface area contributed by atoms with Gasteiger partial charge in [0.15, 0.2) is 0 Å².